The van der Waals surface area contributed by atoms with E-state index in [1.165, 1.54) is 11.3 Å². The first-order valence-electron chi connectivity index (χ1n) is 7.75. The molecule has 0 atom stereocenters. The number of oxime groups is 1. The molecule has 3 rings (SSSR count). The largest absolute Gasteiger partial charge is 0.463 e. The monoisotopic (exact) mass is 341 g/mol. The fourth-order valence-corrected chi connectivity index (χ4v) is 3.24. The van der Waals surface area contributed by atoms with Crippen LogP contribution in [0.3, 0.4) is 0 Å². The Kier molecular flexibility index (Phi) is 4.96. The molecule has 0 saturated carbocycles. The van der Waals surface area contributed by atoms with Gasteiger partial charge in [-0.1, -0.05) is 60.7 Å². The number of thiazole rings is 1. The summed E-state index contributed by atoms with van der Waals surface area (Å²) < 4.78 is 5.51. The van der Waals surface area contributed by atoms with Crippen molar-refractivity contribution in [1.29, 1.82) is 0 Å². The zero-order chi connectivity index (χ0) is 16.9. The van der Waals surface area contributed by atoms with Gasteiger partial charge in [0.15, 0.2) is 10.9 Å². The van der Waals surface area contributed by atoms with Gasteiger partial charge in [0.05, 0.1) is 11.1 Å². The Morgan fingerprint density at radius 1 is 1.25 bits per heavy atom. The van der Waals surface area contributed by atoms with E-state index in [1.54, 1.807) is 6.26 Å². The number of furan rings is 1. The molecule has 0 saturated heterocycles. The lowest BCUT2D eigenvalue weighted by molar-refractivity contribution is 0.320. The average molecular weight is 341 g/mol. The molecule has 0 aliphatic carbocycles. The molecule has 0 fully saturated rings. The lowest BCUT2D eigenvalue weighted by Gasteiger charge is -2.04. The highest BCUT2D eigenvalue weighted by Gasteiger charge is 2.21. The minimum Gasteiger partial charge on any atom is -0.463 e. The molecule has 6 heteroatoms. The summed E-state index contributed by atoms with van der Waals surface area (Å²) >= 11 is 1.45. The molecule has 0 spiro atoms. The Hall–Kier alpha value is -2.60. The van der Waals surface area contributed by atoms with Gasteiger partial charge in [-0.3, -0.25) is 0 Å². The van der Waals surface area contributed by atoms with E-state index in [9.17, 15) is 5.21 Å². The van der Waals surface area contributed by atoms with Gasteiger partial charge in [-0.25, -0.2) is 4.98 Å². The molecule has 2 N–H and O–H groups in total. The van der Waals surface area contributed by atoms with Gasteiger partial charge in [0.25, 0.3) is 0 Å². The van der Waals surface area contributed by atoms with Gasteiger partial charge < -0.3 is 14.9 Å². The number of aromatic nitrogens is 1. The number of anilines is 1. The van der Waals surface area contributed by atoms with E-state index in [4.69, 9.17) is 4.42 Å². The zero-order valence-corrected chi connectivity index (χ0v) is 14.4. The third-order valence-corrected chi connectivity index (χ3v) is 4.43. The molecule has 0 unspecified atom stereocenters. The van der Waals surface area contributed by atoms with Gasteiger partial charge in [0.2, 0.25) is 0 Å². The van der Waals surface area contributed by atoms with E-state index in [0.29, 0.717) is 23.1 Å². The number of hydrogen-bond acceptors (Lipinski definition) is 6. The Labute approximate surface area is 144 Å². The number of nitrogens with zero attached hydrogens (tertiary/aromatic N) is 2. The van der Waals surface area contributed by atoms with Gasteiger partial charge in [-0.2, -0.15) is 0 Å². The number of rotatable bonds is 6. The second kappa shape index (κ2) is 7.31. The van der Waals surface area contributed by atoms with Crippen LogP contribution >= 0.6 is 11.3 Å². The molecular formula is C18H19N3O2S. The first kappa shape index (κ1) is 16.3. The van der Waals surface area contributed by atoms with Crippen molar-refractivity contribution in [3.8, 4) is 11.5 Å². The lowest BCUT2D eigenvalue weighted by Crippen LogP contribution is -2.07. The van der Waals surface area contributed by atoms with Crippen molar-refractivity contribution in [2.75, 3.05) is 11.9 Å². The molecule has 2 heterocycles. The summed E-state index contributed by atoms with van der Waals surface area (Å²) in [6.45, 7) is 5.10. The number of hydrogen-bond donors (Lipinski definition) is 2. The SMILES string of the molecule is CC(C)CNc1nc(-c2ccco2)c(C(=NO)c2ccccc2)s1. The maximum absolute atomic E-state index is 9.60. The van der Waals surface area contributed by atoms with Crippen LogP contribution in [-0.2, 0) is 0 Å². The molecule has 0 amide bonds. The molecule has 0 bridgehead atoms. The minimum absolute atomic E-state index is 0.483. The highest BCUT2D eigenvalue weighted by atomic mass is 32.1. The smallest absolute Gasteiger partial charge is 0.184 e. The maximum atomic E-state index is 9.60. The third kappa shape index (κ3) is 3.49. The molecule has 5 nitrogen and oxygen atoms in total. The van der Waals surface area contributed by atoms with Gasteiger partial charge in [-0.15, -0.1) is 0 Å². The maximum Gasteiger partial charge on any atom is 0.184 e. The topological polar surface area (TPSA) is 70.7 Å². The van der Waals surface area contributed by atoms with Crippen molar-refractivity contribution in [3.05, 3.63) is 59.2 Å². The predicted octanol–water partition coefficient (Wildman–Crippen LogP) is 4.70. The Morgan fingerprint density at radius 3 is 2.67 bits per heavy atom. The van der Waals surface area contributed by atoms with Crippen LogP contribution in [-0.4, -0.2) is 22.4 Å². The van der Waals surface area contributed by atoms with Crippen LogP contribution in [0.2, 0.25) is 0 Å². The quantitative estimate of drug-likeness (QED) is 0.387. The molecule has 0 radical (unpaired) electrons. The summed E-state index contributed by atoms with van der Waals surface area (Å²) in [4.78, 5) is 5.41. The number of benzene rings is 1. The van der Waals surface area contributed by atoms with E-state index >= 15 is 0 Å². The summed E-state index contributed by atoms with van der Waals surface area (Å²) in [5, 5.41) is 17.2. The Bertz CT molecular complexity index is 808. The van der Waals surface area contributed by atoms with E-state index in [0.717, 1.165) is 22.1 Å². The molecule has 2 aromatic heterocycles. The van der Waals surface area contributed by atoms with Crippen LogP contribution in [0.15, 0.2) is 58.3 Å². The molecule has 124 valence electrons. The standard InChI is InChI=1S/C18H19N3O2S/c1-12(2)11-19-18-20-16(14-9-6-10-23-14)17(24-18)15(21-22)13-7-4-3-5-8-13/h3-10,12,22H,11H2,1-2H3,(H,19,20). The predicted molar refractivity (Wildman–Crippen MR) is 97.0 cm³/mol. The van der Waals surface area contributed by atoms with Gasteiger partial charge in [-0.05, 0) is 18.1 Å². The Morgan fingerprint density at radius 2 is 2.04 bits per heavy atom. The van der Waals surface area contributed by atoms with Crippen molar-refractivity contribution in [1.82, 2.24) is 4.98 Å². The van der Waals surface area contributed by atoms with Crippen LogP contribution in [0, 0.1) is 5.92 Å². The van der Waals surface area contributed by atoms with Crippen molar-refractivity contribution in [2.45, 2.75) is 13.8 Å². The van der Waals surface area contributed by atoms with E-state index in [-0.39, 0.29) is 0 Å². The highest BCUT2D eigenvalue weighted by molar-refractivity contribution is 7.18. The summed E-state index contributed by atoms with van der Waals surface area (Å²) in [6.07, 6.45) is 1.61. The van der Waals surface area contributed by atoms with Crippen LogP contribution < -0.4 is 5.32 Å². The minimum atomic E-state index is 0.483. The Balaban J connectivity index is 2.04. The first-order valence-corrected chi connectivity index (χ1v) is 8.57. The molecule has 0 aliphatic heterocycles. The zero-order valence-electron chi connectivity index (χ0n) is 13.6. The van der Waals surface area contributed by atoms with Crippen LogP contribution in [0.5, 0.6) is 0 Å². The second-order valence-electron chi connectivity index (χ2n) is 5.76. The molecule has 1 aromatic carbocycles. The fourth-order valence-electron chi connectivity index (χ4n) is 2.26. The first-order chi connectivity index (χ1) is 11.7. The normalized spacial score (nSPS) is 11.9. The summed E-state index contributed by atoms with van der Waals surface area (Å²) in [5.74, 6) is 1.15. The average Bonchev–Trinajstić information content (AvgIpc) is 3.24. The summed E-state index contributed by atoms with van der Waals surface area (Å²) in [6, 6.07) is 13.2. The van der Waals surface area contributed by atoms with Crippen molar-refractivity contribution >= 4 is 22.2 Å². The van der Waals surface area contributed by atoms with Crippen LogP contribution in [0.4, 0.5) is 5.13 Å². The molecular weight excluding hydrogens is 322 g/mol. The summed E-state index contributed by atoms with van der Waals surface area (Å²) in [5.41, 5.74) is 1.98. The van der Waals surface area contributed by atoms with E-state index < -0.39 is 0 Å². The second-order valence-corrected chi connectivity index (χ2v) is 6.76. The van der Waals surface area contributed by atoms with Crippen LogP contribution in [0.25, 0.3) is 11.5 Å². The lowest BCUT2D eigenvalue weighted by atomic mass is 10.1. The van der Waals surface area contributed by atoms with Gasteiger partial charge in [0.1, 0.15) is 11.4 Å². The van der Waals surface area contributed by atoms with E-state index in [1.807, 2.05) is 42.5 Å². The van der Waals surface area contributed by atoms with Gasteiger partial charge >= 0.3 is 0 Å². The van der Waals surface area contributed by atoms with E-state index in [2.05, 4.69) is 29.3 Å². The van der Waals surface area contributed by atoms with Gasteiger partial charge in [0, 0.05) is 12.1 Å². The number of nitrogens with one attached hydrogen (secondary N) is 1. The van der Waals surface area contributed by atoms with Crippen molar-refractivity contribution < 1.29 is 9.62 Å². The highest BCUT2D eigenvalue weighted by Crippen LogP contribution is 2.33. The van der Waals surface area contributed by atoms with Crippen molar-refractivity contribution in [3.63, 3.8) is 0 Å². The third-order valence-electron chi connectivity index (χ3n) is 3.41. The van der Waals surface area contributed by atoms with Crippen molar-refractivity contribution in [2.24, 2.45) is 11.1 Å². The molecule has 3 aromatic rings. The summed E-state index contributed by atoms with van der Waals surface area (Å²) in [7, 11) is 0. The molecule has 0 aliphatic rings. The fraction of sp³-hybridized carbons (Fsp3) is 0.222. The molecule has 24 heavy (non-hydrogen) atoms. The van der Waals surface area contributed by atoms with Crippen LogP contribution in [0.1, 0.15) is 24.3 Å².